The lowest BCUT2D eigenvalue weighted by atomic mass is 10.2. The van der Waals surface area contributed by atoms with Crippen LogP contribution in [0.2, 0.25) is 0 Å². The molecule has 24 heavy (non-hydrogen) atoms. The molecule has 0 fully saturated rings. The molecule has 128 valence electrons. The molecule has 0 atom stereocenters. The summed E-state index contributed by atoms with van der Waals surface area (Å²) in [5, 5.41) is 2.17. The highest BCUT2D eigenvalue weighted by atomic mass is 32.2. The van der Waals surface area contributed by atoms with Crippen molar-refractivity contribution in [1.29, 1.82) is 0 Å². The molecule has 7 heteroatoms. The second-order valence-electron chi connectivity index (χ2n) is 5.61. The molecule has 1 heterocycles. The number of amides is 1. The highest BCUT2D eigenvalue weighted by molar-refractivity contribution is 7.92. The summed E-state index contributed by atoms with van der Waals surface area (Å²) in [6.07, 6.45) is 1.57. The van der Waals surface area contributed by atoms with E-state index in [2.05, 4.69) is 5.32 Å². The number of benzene rings is 1. The lowest BCUT2D eigenvalue weighted by Gasteiger charge is -2.10. The van der Waals surface area contributed by atoms with Crippen LogP contribution in [0.5, 0.6) is 0 Å². The van der Waals surface area contributed by atoms with Crippen molar-refractivity contribution in [1.82, 2.24) is 4.57 Å². The summed E-state index contributed by atoms with van der Waals surface area (Å²) >= 11 is 0. The molecule has 0 aliphatic carbocycles. The van der Waals surface area contributed by atoms with Gasteiger partial charge in [0.2, 0.25) is 0 Å². The molecule has 0 aliphatic heterocycles. The molecule has 0 saturated heterocycles. The number of aromatic nitrogens is 1. The first-order valence-electron chi connectivity index (χ1n) is 7.61. The van der Waals surface area contributed by atoms with Crippen molar-refractivity contribution in [2.45, 2.75) is 37.5 Å². The standard InChI is InChI=1S/C17H20N2O4S/c1-4-19-11-14(7-10-16(19)20)18-17(21)13-5-8-15(9-6-13)24(22,23)12(2)3/h5-12H,4H2,1-3H3,(H,18,21). The first-order chi connectivity index (χ1) is 11.3. The van der Waals surface area contributed by atoms with Crippen LogP contribution in [0.4, 0.5) is 5.69 Å². The monoisotopic (exact) mass is 348 g/mol. The van der Waals surface area contributed by atoms with Gasteiger partial charge >= 0.3 is 0 Å². The molecule has 0 aliphatic rings. The maximum absolute atomic E-state index is 12.2. The number of carbonyl (C=O) groups is 1. The van der Waals surface area contributed by atoms with Gasteiger partial charge in [-0.2, -0.15) is 0 Å². The lowest BCUT2D eigenvalue weighted by molar-refractivity contribution is 0.102. The molecule has 0 saturated carbocycles. The predicted octanol–water partition coefficient (Wildman–Crippen LogP) is 2.30. The highest BCUT2D eigenvalue weighted by Crippen LogP contribution is 2.17. The number of nitrogens with zero attached hydrogens (tertiary/aromatic N) is 1. The topological polar surface area (TPSA) is 85.2 Å². The van der Waals surface area contributed by atoms with Crippen LogP contribution in [0.1, 0.15) is 31.1 Å². The normalized spacial score (nSPS) is 11.5. The van der Waals surface area contributed by atoms with E-state index in [9.17, 15) is 18.0 Å². The number of pyridine rings is 1. The minimum Gasteiger partial charge on any atom is -0.321 e. The minimum absolute atomic E-state index is 0.140. The summed E-state index contributed by atoms with van der Waals surface area (Å²) in [7, 11) is -3.36. The molecule has 6 nitrogen and oxygen atoms in total. The van der Waals surface area contributed by atoms with Gasteiger partial charge in [-0.05, 0) is 51.1 Å². The maximum Gasteiger partial charge on any atom is 0.255 e. The Kier molecular flexibility index (Phi) is 5.23. The van der Waals surface area contributed by atoms with Gasteiger partial charge in [-0.3, -0.25) is 9.59 Å². The van der Waals surface area contributed by atoms with Crippen molar-refractivity contribution in [3.05, 3.63) is 58.5 Å². The first-order valence-corrected chi connectivity index (χ1v) is 9.16. The third-order valence-corrected chi connectivity index (χ3v) is 5.82. The van der Waals surface area contributed by atoms with Crippen LogP contribution in [0, 0.1) is 0 Å². The molecule has 2 rings (SSSR count). The Labute approximate surface area is 141 Å². The van der Waals surface area contributed by atoms with E-state index in [4.69, 9.17) is 0 Å². The number of sulfone groups is 1. The third kappa shape index (κ3) is 3.73. The largest absolute Gasteiger partial charge is 0.321 e. The summed E-state index contributed by atoms with van der Waals surface area (Å²) in [5.74, 6) is -0.371. The maximum atomic E-state index is 12.2. The number of aryl methyl sites for hydroxylation is 1. The number of rotatable bonds is 5. The fourth-order valence-electron chi connectivity index (χ4n) is 2.12. The molecule has 2 aromatic rings. The summed E-state index contributed by atoms with van der Waals surface area (Å²) in [6, 6.07) is 8.72. The van der Waals surface area contributed by atoms with Crippen LogP contribution in [0.25, 0.3) is 0 Å². The van der Waals surface area contributed by atoms with Crippen LogP contribution >= 0.6 is 0 Å². The Morgan fingerprint density at radius 3 is 2.29 bits per heavy atom. The van der Waals surface area contributed by atoms with Crippen LogP contribution in [-0.2, 0) is 16.4 Å². The lowest BCUT2D eigenvalue weighted by Crippen LogP contribution is -2.20. The van der Waals surface area contributed by atoms with E-state index in [1.54, 1.807) is 20.0 Å². The zero-order valence-electron chi connectivity index (χ0n) is 13.8. The van der Waals surface area contributed by atoms with Gasteiger partial charge in [-0.25, -0.2) is 8.42 Å². The second-order valence-corrected chi connectivity index (χ2v) is 8.12. The number of carbonyl (C=O) groups excluding carboxylic acids is 1. The van der Waals surface area contributed by atoms with Crippen molar-refractivity contribution in [3.63, 3.8) is 0 Å². The predicted molar refractivity (Wildman–Crippen MR) is 93.1 cm³/mol. The fourth-order valence-corrected chi connectivity index (χ4v) is 3.18. The van der Waals surface area contributed by atoms with Crippen molar-refractivity contribution in [3.8, 4) is 0 Å². The van der Waals surface area contributed by atoms with E-state index in [1.807, 2.05) is 6.92 Å². The summed E-state index contributed by atoms with van der Waals surface area (Å²) in [4.78, 5) is 24.0. The van der Waals surface area contributed by atoms with Crippen LogP contribution in [-0.4, -0.2) is 24.1 Å². The molecule has 0 unspecified atom stereocenters. The molecule has 0 radical (unpaired) electrons. The van der Waals surface area contributed by atoms with Gasteiger partial charge in [0.05, 0.1) is 15.8 Å². The van der Waals surface area contributed by atoms with E-state index in [1.165, 1.54) is 41.0 Å². The third-order valence-electron chi connectivity index (χ3n) is 3.65. The number of nitrogens with one attached hydrogen (secondary N) is 1. The van der Waals surface area contributed by atoms with Gasteiger partial charge in [-0.15, -0.1) is 0 Å². The zero-order chi connectivity index (χ0) is 17.9. The molecule has 1 aromatic carbocycles. The van der Waals surface area contributed by atoms with Crippen molar-refractivity contribution >= 4 is 21.4 Å². The highest BCUT2D eigenvalue weighted by Gasteiger charge is 2.19. The van der Waals surface area contributed by atoms with Gasteiger partial charge < -0.3 is 9.88 Å². The Bertz CT molecular complexity index is 897. The van der Waals surface area contributed by atoms with Crippen LogP contribution < -0.4 is 10.9 Å². The van der Waals surface area contributed by atoms with E-state index in [0.29, 0.717) is 17.8 Å². The molecular weight excluding hydrogens is 328 g/mol. The summed E-state index contributed by atoms with van der Waals surface area (Å²) in [5.41, 5.74) is 0.700. The average molecular weight is 348 g/mol. The molecular formula is C17H20N2O4S. The Morgan fingerprint density at radius 1 is 1.12 bits per heavy atom. The molecule has 1 N–H and O–H groups in total. The molecule has 0 spiro atoms. The van der Waals surface area contributed by atoms with Gasteiger partial charge in [0, 0.05) is 24.4 Å². The van der Waals surface area contributed by atoms with E-state index in [-0.39, 0.29) is 16.4 Å². The quantitative estimate of drug-likeness (QED) is 0.898. The minimum atomic E-state index is -3.36. The van der Waals surface area contributed by atoms with Crippen LogP contribution in [0.15, 0.2) is 52.3 Å². The average Bonchev–Trinajstić information content (AvgIpc) is 2.56. The summed E-state index contributed by atoms with van der Waals surface area (Å²) < 4.78 is 25.6. The van der Waals surface area contributed by atoms with E-state index >= 15 is 0 Å². The van der Waals surface area contributed by atoms with Crippen molar-refractivity contribution in [2.24, 2.45) is 0 Å². The van der Waals surface area contributed by atoms with Gasteiger partial charge in [0.1, 0.15) is 0 Å². The number of anilines is 1. The fraction of sp³-hybridized carbons (Fsp3) is 0.294. The van der Waals surface area contributed by atoms with E-state index in [0.717, 1.165) is 0 Å². The summed E-state index contributed by atoms with van der Waals surface area (Å²) in [6.45, 7) is 5.56. The van der Waals surface area contributed by atoms with Gasteiger partial charge in [0.15, 0.2) is 9.84 Å². The van der Waals surface area contributed by atoms with Gasteiger partial charge in [-0.1, -0.05) is 0 Å². The Hall–Kier alpha value is -2.41. The van der Waals surface area contributed by atoms with E-state index < -0.39 is 15.1 Å². The first kappa shape index (κ1) is 17.9. The Morgan fingerprint density at radius 2 is 1.75 bits per heavy atom. The van der Waals surface area contributed by atoms with Gasteiger partial charge in [0.25, 0.3) is 11.5 Å². The Balaban J connectivity index is 2.21. The molecule has 1 amide bonds. The number of hydrogen-bond donors (Lipinski definition) is 1. The SMILES string of the molecule is CCn1cc(NC(=O)c2ccc(S(=O)(=O)C(C)C)cc2)ccc1=O. The zero-order valence-corrected chi connectivity index (χ0v) is 14.6. The molecule has 0 bridgehead atoms. The van der Waals surface area contributed by atoms with Crippen LogP contribution in [0.3, 0.4) is 0 Å². The number of hydrogen-bond acceptors (Lipinski definition) is 4. The second kappa shape index (κ2) is 7.00. The van der Waals surface area contributed by atoms with Crippen molar-refractivity contribution in [2.75, 3.05) is 5.32 Å². The van der Waals surface area contributed by atoms with Crippen molar-refractivity contribution < 1.29 is 13.2 Å². The molecule has 1 aromatic heterocycles. The smallest absolute Gasteiger partial charge is 0.255 e.